The molecular formula is C46H81NO5. The van der Waals surface area contributed by atoms with E-state index >= 15 is 0 Å². The third kappa shape index (κ3) is 40.1. The highest BCUT2D eigenvalue weighted by molar-refractivity contribution is 5.80. The number of carboxylic acid groups (broad SMARTS) is 1. The van der Waals surface area contributed by atoms with Crippen molar-refractivity contribution in [1.29, 1.82) is 0 Å². The molecular weight excluding hydrogens is 647 g/mol. The zero-order valence-corrected chi connectivity index (χ0v) is 33.9. The maximum atomic E-state index is 12.8. The summed E-state index contributed by atoms with van der Waals surface area (Å²) in [5.74, 6) is -1.26. The Morgan fingerprint density at radius 2 is 0.942 bits per heavy atom. The summed E-state index contributed by atoms with van der Waals surface area (Å²) in [6.07, 6.45) is 52.3. The van der Waals surface area contributed by atoms with Crippen molar-refractivity contribution in [3.05, 3.63) is 48.6 Å². The number of carbonyl (C=O) groups is 3. The van der Waals surface area contributed by atoms with Gasteiger partial charge in [-0.3, -0.25) is 14.4 Å². The summed E-state index contributed by atoms with van der Waals surface area (Å²) >= 11 is 0. The van der Waals surface area contributed by atoms with Crippen molar-refractivity contribution >= 4 is 17.8 Å². The van der Waals surface area contributed by atoms with Crippen LogP contribution in [-0.4, -0.2) is 35.6 Å². The van der Waals surface area contributed by atoms with Gasteiger partial charge in [-0.2, -0.15) is 0 Å². The zero-order valence-electron chi connectivity index (χ0n) is 33.9. The molecule has 1 atom stereocenters. The highest BCUT2D eigenvalue weighted by Crippen LogP contribution is 2.18. The molecule has 300 valence electrons. The van der Waals surface area contributed by atoms with Crippen LogP contribution in [0.15, 0.2) is 48.6 Å². The fraction of sp³-hybridized carbons (Fsp3) is 0.761. The van der Waals surface area contributed by atoms with Crippen LogP contribution >= 0.6 is 0 Å². The van der Waals surface area contributed by atoms with Crippen molar-refractivity contribution in [2.45, 2.75) is 219 Å². The van der Waals surface area contributed by atoms with Crippen LogP contribution in [0.1, 0.15) is 213 Å². The fourth-order valence-electron chi connectivity index (χ4n) is 6.29. The molecule has 0 saturated heterocycles. The normalized spacial score (nSPS) is 12.5. The largest absolute Gasteiger partial charge is 0.480 e. The predicted octanol–water partition coefficient (Wildman–Crippen LogP) is 13.5. The second-order valence-electron chi connectivity index (χ2n) is 14.6. The van der Waals surface area contributed by atoms with Gasteiger partial charge in [0.25, 0.3) is 0 Å². The molecule has 0 bridgehead atoms. The molecule has 0 aliphatic carbocycles. The Bertz CT molecular complexity index is 937. The van der Waals surface area contributed by atoms with E-state index in [-0.39, 0.29) is 24.5 Å². The van der Waals surface area contributed by atoms with Crippen LogP contribution in [0.2, 0.25) is 0 Å². The van der Waals surface area contributed by atoms with Gasteiger partial charge in [-0.05, 0) is 96.3 Å². The number of esters is 1. The van der Waals surface area contributed by atoms with Gasteiger partial charge in [0.05, 0.1) is 0 Å². The highest BCUT2D eigenvalue weighted by atomic mass is 16.5. The first-order valence-corrected chi connectivity index (χ1v) is 21.8. The molecule has 2 N–H and O–H groups in total. The van der Waals surface area contributed by atoms with Gasteiger partial charge in [-0.1, -0.05) is 152 Å². The molecule has 0 spiro atoms. The molecule has 0 fully saturated rings. The third-order valence-corrected chi connectivity index (χ3v) is 9.48. The topological polar surface area (TPSA) is 92.7 Å². The van der Waals surface area contributed by atoms with Crippen LogP contribution < -0.4 is 5.32 Å². The van der Waals surface area contributed by atoms with E-state index in [1.807, 2.05) is 0 Å². The van der Waals surface area contributed by atoms with E-state index < -0.39 is 5.97 Å². The second-order valence-corrected chi connectivity index (χ2v) is 14.6. The molecule has 0 radical (unpaired) electrons. The third-order valence-electron chi connectivity index (χ3n) is 9.48. The standard InChI is InChI=1S/C46H81NO5/c1-3-5-7-9-11-13-15-17-19-21-23-25-27-30-34-38-43(39-35-31-29-32-36-40-44(48)47-42-45(49)50)52-46(51)41-37-33-28-26-24-22-20-18-16-14-12-10-8-6-4-2/h6,8,12,14,18,20-21,23,43H,3-5,7,9-11,13,15-17,19,22,24-42H2,1-2H3,(H,47,48)(H,49,50)/b8-6-,14-12-,20-18-,23-21-. The van der Waals surface area contributed by atoms with Gasteiger partial charge in [0.2, 0.25) is 5.91 Å². The average Bonchev–Trinajstić information content (AvgIpc) is 3.13. The van der Waals surface area contributed by atoms with Crippen molar-refractivity contribution in [2.24, 2.45) is 0 Å². The van der Waals surface area contributed by atoms with Gasteiger partial charge in [-0.25, -0.2) is 0 Å². The van der Waals surface area contributed by atoms with Crippen molar-refractivity contribution in [3.63, 3.8) is 0 Å². The van der Waals surface area contributed by atoms with Crippen LogP contribution in [0, 0.1) is 0 Å². The molecule has 0 aliphatic heterocycles. The van der Waals surface area contributed by atoms with Gasteiger partial charge in [-0.15, -0.1) is 0 Å². The lowest BCUT2D eigenvalue weighted by Gasteiger charge is -2.18. The zero-order chi connectivity index (χ0) is 38.0. The Morgan fingerprint density at radius 1 is 0.519 bits per heavy atom. The summed E-state index contributed by atoms with van der Waals surface area (Å²) in [7, 11) is 0. The summed E-state index contributed by atoms with van der Waals surface area (Å²) in [5.41, 5.74) is 0. The summed E-state index contributed by atoms with van der Waals surface area (Å²) in [4.78, 5) is 35.0. The van der Waals surface area contributed by atoms with Crippen LogP contribution in [0.5, 0.6) is 0 Å². The van der Waals surface area contributed by atoms with E-state index in [1.165, 1.54) is 89.9 Å². The van der Waals surface area contributed by atoms with Gasteiger partial charge in [0.15, 0.2) is 0 Å². The van der Waals surface area contributed by atoms with E-state index in [9.17, 15) is 14.4 Å². The molecule has 0 saturated carbocycles. The first-order chi connectivity index (χ1) is 25.5. The molecule has 0 aromatic rings. The maximum absolute atomic E-state index is 12.8. The Labute approximate surface area is 320 Å². The molecule has 52 heavy (non-hydrogen) atoms. The quantitative estimate of drug-likeness (QED) is 0.0373. The number of nitrogens with one attached hydrogen (secondary N) is 1. The SMILES string of the molecule is CC/C=C\C/C=C\C/C=C\CCCCCCCC(=O)OC(CCCCC/C=C\CCCCCCCCCC)CCCCCCCC(=O)NCC(=O)O. The summed E-state index contributed by atoms with van der Waals surface area (Å²) < 4.78 is 6.02. The van der Waals surface area contributed by atoms with Gasteiger partial charge in [0.1, 0.15) is 12.6 Å². The lowest BCUT2D eigenvalue weighted by Crippen LogP contribution is -2.28. The number of allylic oxidation sites excluding steroid dienone is 8. The molecule has 0 aromatic heterocycles. The van der Waals surface area contributed by atoms with Crippen LogP contribution in [0.25, 0.3) is 0 Å². The number of amides is 1. The molecule has 0 rings (SSSR count). The van der Waals surface area contributed by atoms with E-state index in [4.69, 9.17) is 9.84 Å². The van der Waals surface area contributed by atoms with Crippen molar-refractivity contribution in [1.82, 2.24) is 5.32 Å². The molecule has 1 unspecified atom stereocenters. The first kappa shape index (κ1) is 49.4. The van der Waals surface area contributed by atoms with E-state index in [1.54, 1.807) is 0 Å². The number of rotatable bonds is 39. The van der Waals surface area contributed by atoms with Crippen LogP contribution in [0.3, 0.4) is 0 Å². The molecule has 1 amide bonds. The minimum Gasteiger partial charge on any atom is -0.480 e. The number of ether oxygens (including phenoxy) is 1. The lowest BCUT2D eigenvalue weighted by atomic mass is 10.0. The fourth-order valence-corrected chi connectivity index (χ4v) is 6.29. The van der Waals surface area contributed by atoms with E-state index in [0.29, 0.717) is 12.8 Å². The molecule has 0 aliphatic rings. The smallest absolute Gasteiger partial charge is 0.322 e. The number of hydrogen-bond donors (Lipinski definition) is 2. The summed E-state index contributed by atoms with van der Waals surface area (Å²) in [5, 5.41) is 11.1. The Balaban J connectivity index is 4.24. The number of unbranched alkanes of at least 4 members (excludes halogenated alkanes) is 20. The van der Waals surface area contributed by atoms with Crippen LogP contribution in [-0.2, 0) is 19.1 Å². The number of carboxylic acids is 1. The first-order valence-electron chi connectivity index (χ1n) is 21.8. The Hall–Kier alpha value is -2.63. The number of aliphatic carboxylic acids is 1. The minimum absolute atomic E-state index is 0.00116. The Kier molecular flexibility index (Phi) is 39.1. The maximum Gasteiger partial charge on any atom is 0.322 e. The van der Waals surface area contributed by atoms with Crippen molar-refractivity contribution in [3.8, 4) is 0 Å². The summed E-state index contributed by atoms with van der Waals surface area (Å²) in [6, 6.07) is 0. The number of carbonyl (C=O) groups excluding carboxylic acids is 2. The summed E-state index contributed by atoms with van der Waals surface area (Å²) in [6.45, 7) is 4.11. The van der Waals surface area contributed by atoms with Gasteiger partial charge >= 0.3 is 11.9 Å². The molecule has 6 heteroatoms. The van der Waals surface area contributed by atoms with Crippen molar-refractivity contribution in [2.75, 3.05) is 6.54 Å². The number of hydrogen-bond acceptors (Lipinski definition) is 4. The predicted molar refractivity (Wildman–Crippen MR) is 222 cm³/mol. The second kappa shape index (κ2) is 41.1. The van der Waals surface area contributed by atoms with Crippen molar-refractivity contribution < 1.29 is 24.2 Å². The van der Waals surface area contributed by atoms with E-state index in [2.05, 4.69) is 67.8 Å². The lowest BCUT2D eigenvalue weighted by molar-refractivity contribution is -0.150. The van der Waals surface area contributed by atoms with E-state index in [0.717, 1.165) is 96.3 Å². The van der Waals surface area contributed by atoms with Crippen LogP contribution in [0.4, 0.5) is 0 Å². The molecule has 6 nitrogen and oxygen atoms in total. The highest BCUT2D eigenvalue weighted by Gasteiger charge is 2.14. The minimum atomic E-state index is -1.02. The average molecular weight is 728 g/mol. The van der Waals surface area contributed by atoms with Gasteiger partial charge < -0.3 is 15.2 Å². The Morgan fingerprint density at radius 3 is 1.48 bits per heavy atom. The van der Waals surface area contributed by atoms with Gasteiger partial charge in [0, 0.05) is 12.8 Å². The molecule has 0 aromatic carbocycles. The monoisotopic (exact) mass is 728 g/mol. The molecule has 0 heterocycles.